The van der Waals surface area contributed by atoms with E-state index in [1.165, 1.54) is 0 Å². The van der Waals surface area contributed by atoms with Crippen LogP contribution in [0.25, 0.3) is 0 Å². The summed E-state index contributed by atoms with van der Waals surface area (Å²) in [6.45, 7) is 4.60. The topological polar surface area (TPSA) is 57.6 Å². The Bertz CT molecular complexity index is 586. The lowest BCUT2D eigenvalue weighted by atomic mass is 10.0. The first kappa shape index (κ1) is 15.9. The molecule has 112 valence electrons. The van der Waals surface area contributed by atoms with Crippen molar-refractivity contribution in [2.24, 2.45) is 5.92 Å². The SMILES string of the molecule is CC(C)C1CCCN1S(=O)(=O)c1ccc(CO)cc1Br. The van der Waals surface area contributed by atoms with Gasteiger partial charge in [-0.05, 0) is 52.4 Å². The number of nitrogens with zero attached hydrogens (tertiary/aromatic N) is 1. The zero-order valence-corrected chi connectivity index (χ0v) is 14.1. The van der Waals surface area contributed by atoms with Crippen LogP contribution < -0.4 is 0 Å². The Morgan fingerprint density at radius 2 is 2.15 bits per heavy atom. The normalized spacial score (nSPS) is 20.8. The fourth-order valence-corrected chi connectivity index (χ4v) is 5.62. The molecule has 0 aliphatic carbocycles. The molecule has 1 aliphatic heterocycles. The highest BCUT2D eigenvalue weighted by atomic mass is 79.9. The number of hydrogen-bond acceptors (Lipinski definition) is 3. The molecule has 0 saturated carbocycles. The molecule has 0 radical (unpaired) electrons. The fraction of sp³-hybridized carbons (Fsp3) is 0.571. The molecule has 1 unspecified atom stereocenters. The molecule has 4 nitrogen and oxygen atoms in total. The summed E-state index contributed by atoms with van der Waals surface area (Å²) >= 11 is 3.31. The highest BCUT2D eigenvalue weighted by Crippen LogP contribution is 2.33. The Balaban J connectivity index is 2.40. The van der Waals surface area contributed by atoms with E-state index in [4.69, 9.17) is 5.11 Å². The maximum atomic E-state index is 12.8. The summed E-state index contributed by atoms with van der Waals surface area (Å²) in [6.07, 6.45) is 1.83. The summed E-state index contributed by atoms with van der Waals surface area (Å²) in [4.78, 5) is 0.280. The third-order valence-corrected chi connectivity index (χ3v) is 6.68. The highest BCUT2D eigenvalue weighted by Gasteiger charge is 2.37. The van der Waals surface area contributed by atoms with Gasteiger partial charge in [-0.3, -0.25) is 0 Å². The van der Waals surface area contributed by atoms with E-state index in [2.05, 4.69) is 29.8 Å². The molecule has 0 bridgehead atoms. The zero-order chi connectivity index (χ0) is 14.9. The van der Waals surface area contributed by atoms with Crippen LogP contribution in [0.2, 0.25) is 0 Å². The summed E-state index contributed by atoms with van der Waals surface area (Å²) in [5.74, 6) is 0.308. The molecule has 6 heteroatoms. The third-order valence-electron chi connectivity index (χ3n) is 3.78. The minimum Gasteiger partial charge on any atom is -0.392 e. The van der Waals surface area contributed by atoms with E-state index in [9.17, 15) is 8.42 Å². The van der Waals surface area contributed by atoms with E-state index in [0.29, 0.717) is 22.5 Å². The molecule has 1 N–H and O–H groups in total. The van der Waals surface area contributed by atoms with Gasteiger partial charge in [0.1, 0.15) is 0 Å². The number of sulfonamides is 1. The molecular weight excluding hydrogens is 342 g/mol. The Kier molecular flexibility index (Phi) is 4.89. The molecule has 1 atom stereocenters. The number of rotatable bonds is 4. The summed E-state index contributed by atoms with van der Waals surface area (Å²) in [6, 6.07) is 4.95. The van der Waals surface area contributed by atoms with Crippen molar-refractivity contribution in [1.29, 1.82) is 0 Å². The van der Waals surface area contributed by atoms with E-state index in [1.807, 2.05) is 0 Å². The highest BCUT2D eigenvalue weighted by molar-refractivity contribution is 9.10. The van der Waals surface area contributed by atoms with Gasteiger partial charge in [-0.2, -0.15) is 4.31 Å². The Morgan fingerprint density at radius 1 is 1.45 bits per heavy atom. The van der Waals surface area contributed by atoms with Crippen LogP contribution in [0, 0.1) is 5.92 Å². The van der Waals surface area contributed by atoms with Gasteiger partial charge in [-0.25, -0.2) is 8.42 Å². The molecule has 0 aromatic heterocycles. The van der Waals surface area contributed by atoms with Gasteiger partial charge in [-0.15, -0.1) is 0 Å². The van der Waals surface area contributed by atoms with Crippen LogP contribution >= 0.6 is 15.9 Å². The van der Waals surface area contributed by atoms with E-state index in [0.717, 1.165) is 12.8 Å². The quantitative estimate of drug-likeness (QED) is 0.896. The molecule has 1 fully saturated rings. The van der Waals surface area contributed by atoms with E-state index < -0.39 is 10.0 Å². The molecule has 0 amide bonds. The first-order valence-electron chi connectivity index (χ1n) is 6.79. The van der Waals surface area contributed by atoms with Crippen molar-refractivity contribution < 1.29 is 13.5 Å². The lowest BCUT2D eigenvalue weighted by Gasteiger charge is -2.27. The molecule has 1 aromatic carbocycles. The minimum absolute atomic E-state index is 0.0735. The number of halogens is 1. The van der Waals surface area contributed by atoms with Crippen LogP contribution in [0.5, 0.6) is 0 Å². The molecule has 0 spiro atoms. The summed E-state index contributed by atoms with van der Waals surface area (Å²) in [5, 5.41) is 9.10. The van der Waals surface area contributed by atoms with Crippen LogP contribution in [-0.2, 0) is 16.6 Å². The largest absolute Gasteiger partial charge is 0.392 e. The number of hydrogen-bond donors (Lipinski definition) is 1. The van der Waals surface area contributed by atoms with Crippen LogP contribution in [0.4, 0.5) is 0 Å². The van der Waals surface area contributed by atoms with Gasteiger partial charge in [0.15, 0.2) is 0 Å². The van der Waals surface area contributed by atoms with Crippen molar-refractivity contribution in [3.63, 3.8) is 0 Å². The molecule has 1 saturated heterocycles. The number of aliphatic hydroxyl groups is 1. The van der Waals surface area contributed by atoms with Crippen LogP contribution in [0.15, 0.2) is 27.6 Å². The molecule has 1 aromatic rings. The summed E-state index contributed by atoms with van der Waals surface area (Å²) in [5.41, 5.74) is 0.692. The Hall–Kier alpha value is -0.430. The lowest BCUT2D eigenvalue weighted by molar-refractivity contribution is 0.281. The Morgan fingerprint density at radius 3 is 2.70 bits per heavy atom. The van der Waals surface area contributed by atoms with Gasteiger partial charge >= 0.3 is 0 Å². The van der Waals surface area contributed by atoms with Gasteiger partial charge in [0, 0.05) is 17.1 Å². The maximum absolute atomic E-state index is 12.8. The van der Waals surface area contributed by atoms with Crippen molar-refractivity contribution >= 4 is 26.0 Å². The third kappa shape index (κ3) is 2.93. The van der Waals surface area contributed by atoms with Crippen molar-refractivity contribution in [1.82, 2.24) is 4.31 Å². The van der Waals surface area contributed by atoms with Crippen LogP contribution in [-0.4, -0.2) is 30.4 Å². The standard InChI is InChI=1S/C14H20BrNO3S/c1-10(2)13-4-3-7-16(13)20(18,19)14-6-5-11(9-17)8-12(14)15/h5-6,8,10,13,17H,3-4,7,9H2,1-2H3. The van der Waals surface area contributed by atoms with Crippen molar-refractivity contribution in [3.8, 4) is 0 Å². The zero-order valence-electron chi connectivity index (χ0n) is 11.7. The van der Waals surface area contributed by atoms with Crippen molar-refractivity contribution in [3.05, 3.63) is 28.2 Å². The minimum atomic E-state index is -3.48. The van der Waals surface area contributed by atoms with Gasteiger partial charge in [0.25, 0.3) is 0 Å². The summed E-state index contributed by atoms with van der Waals surface area (Å²) < 4.78 is 27.7. The number of aliphatic hydroxyl groups excluding tert-OH is 1. The Labute approximate surface area is 129 Å². The molecular formula is C14H20BrNO3S. The monoisotopic (exact) mass is 361 g/mol. The molecule has 1 aliphatic rings. The van der Waals surface area contributed by atoms with Gasteiger partial charge in [0.05, 0.1) is 11.5 Å². The smallest absolute Gasteiger partial charge is 0.244 e. The van der Waals surface area contributed by atoms with E-state index >= 15 is 0 Å². The van der Waals surface area contributed by atoms with Crippen LogP contribution in [0.3, 0.4) is 0 Å². The fourth-order valence-electron chi connectivity index (χ4n) is 2.71. The second-order valence-corrected chi connectivity index (χ2v) is 8.21. The predicted molar refractivity (Wildman–Crippen MR) is 81.8 cm³/mol. The second-order valence-electron chi connectivity index (χ2n) is 5.49. The molecule has 20 heavy (non-hydrogen) atoms. The molecule has 1 heterocycles. The van der Waals surface area contributed by atoms with E-state index in [1.54, 1.807) is 22.5 Å². The second kappa shape index (κ2) is 6.13. The molecule has 2 rings (SSSR count). The van der Waals surface area contributed by atoms with Gasteiger partial charge in [0.2, 0.25) is 10.0 Å². The van der Waals surface area contributed by atoms with Crippen molar-refractivity contribution in [2.75, 3.05) is 6.54 Å². The lowest BCUT2D eigenvalue weighted by Crippen LogP contribution is -2.38. The van der Waals surface area contributed by atoms with Gasteiger partial charge in [-0.1, -0.05) is 19.9 Å². The maximum Gasteiger partial charge on any atom is 0.244 e. The summed E-state index contributed by atoms with van der Waals surface area (Å²) in [7, 11) is -3.48. The average Bonchev–Trinajstić information content (AvgIpc) is 2.88. The number of benzene rings is 1. The average molecular weight is 362 g/mol. The first-order valence-corrected chi connectivity index (χ1v) is 9.02. The van der Waals surface area contributed by atoms with Gasteiger partial charge < -0.3 is 5.11 Å². The first-order chi connectivity index (χ1) is 9.37. The predicted octanol–water partition coefficient (Wildman–Crippen LogP) is 2.75. The van der Waals surface area contributed by atoms with Crippen molar-refractivity contribution in [2.45, 2.75) is 44.2 Å². The van der Waals surface area contributed by atoms with E-state index in [-0.39, 0.29) is 17.5 Å². The van der Waals surface area contributed by atoms with Crippen LogP contribution in [0.1, 0.15) is 32.3 Å².